The standard InChI is InChI=1S/C48H26N4O2/c49-26-28-17-19-29(20-18-28)38-25-44(52-40-14-6-2-10-31(40)35-22-24-37-33-12-4-8-16-43(33)54-48(37)46(35)52)50-27-41(38)51-39-13-5-1-9-30(39)34-21-23-36-32-11-3-7-15-42(32)53-47(36)45(34)51/h1-25,27H. The van der Waals surface area contributed by atoms with E-state index in [-0.39, 0.29) is 0 Å². The predicted molar refractivity (Wildman–Crippen MR) is 218 cm³/mol. The number of para-hydroxylation sites is 4. The first-order valence-electron chi connectivity index (χ1n) is 17.9. The zero-order valence-corrected chi connectivity index (χ0v) is 28.6. The van der Waals surface area contributed by atoms with Gasteiger partial charge < -0.3 is 13.4 Å². The molecule has 0 fully saturated rings. The fraction of sp³-hybridized carbons (Fsp3) is 0. The van der Waals surface area contributed by atoms with Gasteiger partial charge in [-0.3, -0.25) is 4.57 Å². The van der Waals surface area contributed by atoms with Gasteiger partial charge in [-0.2, -0.15) is 5.26 Å². The minimum absolute atomic E-state index is 0.602. The van der Waals surface area contributed by atoms with Crippen molar-refractivity contribution < 1.29 is 8.83 Å². The molecule has 5 aromatic heterocycles. The number of benzene rings is 7. The average Bonchev–Trinajstić information content (AvgIpc) is 3.98. The average molecular weight is 691 g/mol. The molecule has 7 aromatic carbocycles. The molecule has 0 saturated carbocycles. The molecular weight excluding hydrogens is 665 g/mol. The zero-order valence-electron chi connectivity index (χ0n) is 28.6. The van der Waals surface area contributed by atoms with Gasteiger partial charge in [-0.05, 0) is 60.2 Å². The van der Waals surface area contributed by atoms with Gasteiger partial charge >= 0.3 is 0 Å². The minimum atomic E-state index is 0.602. The van der Waals surface area contributed by atoms with E-state index in [9.17, 15) is 5.26 Å². The van der Waals surface area contributed by atoms with E-state index < -0.39 is 0 Å². The smallest absolute Gasteiger partial charge is 0.160 e. The van der Waals surface area contributed by atoms with Crippen LogP contribution in [0, 0.1) is 11.3 Å². The molecule has 0 bridgehead atoms. The highest BCUT2D eigenvalue weighted by atomic mass is 16.3. The fourth-order valence-corrected chi connectivity index (χ4v) is 8.64. The summed E-state index contributed by atoms with van der Waals surface area (Å²) < 4.78 is 17.9. The first-order chi connectivity index (χ1) is 26.7. The van der Waals surface area contributed by atoms with Gasteiger partial charge in [-0.15, -0.1) is 0 Å². The lowest BCUT2D eigenvalue weighted by Gasteiger charge is -2.16. The van der Waals surface area contributed by atoms with Crippen LogP contribution >= 0.6 is 0 Å². The van der Waals surface area contributed by atoms with Crippen LogP contribution in [-0.2, 0) is 0 Å². The summed E-state index contributed by atoms with van der Waals surface area (Å²) in [6.07, 6.45) is 1.98. The monoisotopic (exact) mass is 690 g/mol. The molecule has 0 radical (unpaired) electrons. The van der Waals surface area contributed by atoms with Crippen molar-refractivity contribution in [2.45, 2.75) is 0 Å². The minimum Gasteiger partial charge on any atom is -0.454 e. The van der Waals surface area contributed by atoms with Crippen molar-refractivity contribution in [1.82, 2.24) is 14.1 Å². The summed E-state index contributed by atoms with van der Waals surface area (Å²) in [7, 11) is 0. The summed E-state index contributed by atoms with van der Waals surface area (Å²) in [4.78, 5) is 5.31. The third-order valence-electron chi connectivity index (χ3n) is 11.0. The van der Waals surface area contributed by atoms with E-state index in [2.05, 4.69) is 118 Å². The number of hydrogen-bond donors (Lipinski definition) is 0. The number of nitrogens with zero attached hydrogens (tertiary/aromatic N) is 4. The van der Waals surface area contributed by atoms with Crippen molar-refractivity contribution in [3.8, 4) is 28.7 Å². The van der Waals surface area contributed by atoms with E-state index in [4.69, 9.17) is 13.8 Å². The van der Waals surface area contributed by atoms with Crippen LogP contribution in [0.1, 0.15) is 5.56 Å². The molecule has 0 spiro atoms. The maximum absolute atomic E-state index is 9.72. The summed E-state index contributed by atoms with van der Waals surface area (Å²) in [5, 5.41) is 18.4. The van der Waals surface area contributed by atoms with E-state index in [1.165, 1.54) is 0 Å². The van der Waals surface area contributed by atoms with Crippen LogP contribution in [-0.4, -0.2) is 14.1 Å². The molecule has 0 aliphatic carbocycles. The van der Waals surface area contributed by atoms with Crippen molar-refractivity contribution in [3.63, 3.8) is 0 Å². The third-order valence-corrected chi connectivity index (χ3v) is 11.0. The van der Waals surface area contributed by atoms with Gasteiger partial charge in [-0.25, -0.2) is 4.98 Å². The van der Waals surface area contributed by atoms with Crippen LogP contribution in [0.15, 0.2) is 167 Å². The molecule has 5 heterocycles. The molecule has 12 aromatic rings. The zero-order chi connectivity index (χ0) is 35.5. The van der Waals surface area contributed by atoms with Crippen molar-refractivity contribution in [3.05, 3.63) is 163 Å². The second-order valence-corrected chi connectivity index (χ2v) is 13.8. The summed E-state index contributed by atoms with van der Waals surface area (Å²) >= 11 is 0. The van der Waals surface area contributed by atoms with Crippen LogP contribution in [0.4, 0.5) is 0 Å². The third kappa shape index (κ3) is 3.84. The molecule has 6 nitrogen and oxygen atoms in total. The Balaban J connectivity index is 1.22. The molecule has 0 unspecified atom stereocenters. The van der Waals surface area contributed by atoms with Crippen LogP contribution in [0.3, 0.4) is 0 Å². The Kier molecular flexibility index (Phi) is 5.75. The van der Waals surface area contributed by atoms with Gasteiger partial charge in [0.05, 0.1) is 45.6 Å². The normalized spacial score (nSPS) is 12.1. The van der Waals surface area contributed by atoms with Gasteiger partial charge in [-0.1, -0.05) is 97.1 Å². The molecule has 0 N–H and O–H groups in total. The largest absolute Gasteiger partial charge is 0.454 e. The van der Waals surface area contributed by atoms with Crippen molar-refractivity contribution >= 4 is 87.5 Å². The Bertz CT molecular complexity index is 3570. The van der Waals surface area contributed by atoms with Crippen LogP contribution in [0.5, 0.6) is 0 Å². The molecule has 12 rings (SSSR count). The fourth-order valence-electron chi connectivity index (χ4n) is 8.64. The molecule has 6 heteroatoms. The number of fused-ring (bicyclic) bond motifs is 14. The molecule has 0 saturated heterocycles. The lowest BCUT2D eigenvalue weighted by Crippen LogP contribution is -2.03. The highest BCUT2D eigenvalue weighted by Gasteiger charge is 2.24. The summed E-state index contributed by atoms with van der Waals surface area (Å²) in [5.41, 5.74) is 10.8. The number of pyridine rings is 1. The first kappa shape index (κ1) is 29.0. The molecule has 0 aliphatic rings. The van der Waals surface area contributed by atoms with Crippen LogP contribution in [0.25, 0.3) is 110 Å². The molecule has 250 valence electrons. The molecule has 0 atom stereocenters. The Hall–Kier alpha value is -7.62. The van der Waals surface area contributed by atoms with Crippen molar-refractivity contribution in [2.75, 3.05) is 0 Å². The lowest BCUT2D eigenvalue weighted by atomic mass is 10.0. The van der Waals surface area contributed by atoms with Crippen molar-refractivity contribution in [1.29, 1.82) is 5.26 Å². The van der Waals surface area contributed by atoms with E-state index in [1.807, 2.05) is 54.7 Å². The SMILES string of the molecule is N#Cc1ccc(-c2cc(-n3c4ccccc4c4ccc5c6ccccc6oc5c43)ncc2-n2c3ccccc3c3ccc4c5ccccc5oc4c32)cc1. The first-order valence-corrected chi connectivity index (χ1v) is 17.9. The van der Waals surface area contributed by atoms with Gasteiger partial charge in [0.25, 0.3) is 0 Å². The van der Waals surface area contributed by atoms with E-state index in [1.54, 1.807) is 0 Å². The summed E-state index contributed by atoms with van der Waals surface area (Å²) in [6.45, 7) is 0. The van der Waals surface area contributed by atoms with E-state index in [0.29, 0.717) is 5.56 Å². The number of aromatic nitrogens is 3. The molecule has 0 aliphatic heterocycles. The topological polar surface area (TPSA) is 72.8 Å². The second kappa shape index (κ2) is 10.7. The van der Waals surface area contributed by atoms with Gasteiger partial charge in [0.1, 0.15) is 17.0 Å². The highest BCUT2D eigenvalue weighted by Crippen LogP contribution is 2.44. The molecule has 0 amide bonds. The molecular formula is C48H26N4O2. The Morgan fingerprint density at radius 2 is 0.981 bits per heavy atom. The Morgan fingerprint density at radius 3 is 1.57 bits per heavy atom. The number of rotatable bonds is 3. The van der Waals surface area contributed by atoms with Gasteiger partial charge in [0, 0.05) is 48.7 Å². The van der Waals surface area contributed by atoms with Crippen LogP contribution in [0.2, 0.25) is 0 Å². The number of hydrogen-bond acceptors (Lipinski definition) is 4. The van der Waals surface area contributed by atoms with Gasteiger partial charge in [0.2, 0.25) is 0 Å². The van der Waals surface area contributed by atoms with E-state index >= 15 is 0 Å². The lowest BCUT2D eigenvalue weighted by molar-refractivity contribution is 0.670. The summed E-state index contributed by atoms with van der Waals surface area (Å²) in [6, 6.07) is 54.3. The summed E-state index contributed by atoms with van der Waals surface area (Å²) in [5.74, 6) is 0.756. The number of nitriles is 1. The Morgan fingerprint density at radius 1 is 0.481 bits per heavy atom. The maximum Gasteiger partial charge on any atom is 0.160 e. The van der Waals surface area contributed by atoms with Gasteiger partial charge in [0.15, 0.2) is 11.2 Å². The number of furan rings is 2. The van der Waals surface area contributed by atoms with Crippen molar-refractivity contribution in [2.24, 2.45) is 0 Å². The van der Waals surface area contributed by atoms with E-state index in [0.717, 1.165) is 110 Å². The Labute approximate surface area is 306 Å². The highest BCUT2D eigenvalue weighted by molar-refractivity contribution is 6.23. The quantitative estimate of drug-likeness (QED) is 0.185. The van der Waals surface area contributed by atoms with Crippen LogP contribution < -0.4 is 0 Å². The second-order valence-electron chi connectivity index (χ2n) is 13.8. The molecule has 54 heavy (non-hydrogen) atoms. The predicted octanol–water partition coefficient (Wildman–Crippen LogP) is 12.6. The maximum atomic E-state index is 9.72.